The Balaban J connectivity index is 1.31. The molecule has 0 saturated heterocycles. The van der Waals surface area contributed by atoms with Gasteiger partial charge in [-0.3, -0.25) is 0 Å². The van der Waals surface area contributed by atoms with Crippen molar-refractivity contribution in [3.8, 4) is 17.2 Å². The Morgan fingerprint density at radius 1 is 1.09 bits per heavy atom. The monoisotopic (exact) mass is 654 g/mol. The Labute approximate surface area is 267 Å². The van der Waals surface area contributed by atoms with E-state index in [4.69, 9.17) is 27.8 Å². The summed E-state index contributed by atoms with van der Waals surface area (Å²) < 4.78 is 32.6. The summed E-state index contributed by atoms with van der Waals surface area (Å²) in [6, 6.07) is 10.5. The molecule has 0 aliphatic heterocycles. The van der Waals surface area contributed by atoms with Crippen LogP contribution in [0.3, 0.4) is 0 Å². The van der Waals surface area contributed by atoms with Gasteiger partial charge in [0.1, 0.15) is 18.8 Å². The molecule has 1 aliphatic rings. The third kappa shape index (κ3) is 7.25. The first kappa shape index (κ1) is 33.5. The van der Waals surface area contributed by atoms with Gasteiger partial charge in [0.2, 0.25) is 5.75 Å². The molecule has 0 unspecified atom stereocenters. The number of benzene rings is 2. The van der Waals surface area contributed by atoms with Crippen LogP contribution in [0.25, 0.3) is 28.0 Å². The molecule has 14 nitrogen and oxygen atoms in total. The van der Waals surface area contributed by atoms with Gasteiger partial charge in [-0.15, -0.1) is 0 Å². The highest BCUT2D eigenvalue weighted by atomic mass is 16.6. The number of aliphatic hydroxyl groups excluding tert-OH is 2. The van der Waals surface area contributed by atoms with E-state index in [1.54, 1.807) is 12.1 Å². The average molecular weight is 655 g/mol. The van der Waals surface area contributed by atoms with Crippen molar-refractivity contribution in [2.45, 2.75) is 62.3 Å². The quantitative estimate of drug-likeness (QED) is 0.0942. The summed E-state index contributed by atoms with van der Waals surface area (Å²) in [5.41, 5.74) is -4.06. The average Bonchev–Trinajstić information content (AvgIpc) is 3.48. The number of fused-ring (bicyclic) bond motifs is 2. The molecular weight excluding hydrogens is 620 g/mol. The summed E-state index contributed by atoms with van der Waals surface area (Å²) >= 11 is 0. The predicted octanol–water partition coefficient (Wildman–Crippen LogP) is 2.19. The lowest BCUT2D eigenvalue weighted by molar-refractivity contribution is -0.210. The molecule has 5 N–H and O–H groups in total. The smallest absolute Gasteiger partial charge is 0.338 e. The number of esters is 2. The molecule has 0 amide bonds. The summed E-state index contributed by atoms with van der Waals surface area (Å²) in [5, 5.41) is 54.1. The van der Waals surface area contributed by atoms with Gasteiger partial charge < -0.3 is 53.3 Å². The van der Waals surface area contributed by atoms with Crippen molar-refractivity contribution < 1.29 is 62.9 Å². The van der Waals surface area contributed by atoms with Crippen LogP contribution in [-0.2, 0) is 19.1 Å². The van der Waals surface area contributed by atoms with E-state index in [-0.39, 0.29) is 28.4 Å². The summed E-state index contributed by atoms with van der Waals surface area (Å²) in [6.45, 7) is 2.18. The van der Waals surface area contributed by atoms with Crippen LogP contribution in [-0.4, -0.2) is 86.8 Å². The molecule has 2 aromatic carbocycles. The molecular formula is C33H34O14. The molecule has 47 heavy (non-hydrogen) atoms. The van der Waals surface area contributed by atoms with Gasteiger partial charge in [-0.1, -0.05) is 6.07 Å². The molecule has 1 saturated carbocycles. The largest absolute Gasteiger partial charge is 0.504 e. The molecule has 4 aromatic rings. The highest BCUT2D eigenvalue weighted by Crippen LogP contribution is 2.37. The van der Waals surface area contributed by atoms with Gasteiger partial charge in [0.25, 0.3) is 0 Å². The minimum Gasteiger partial charge on any atom is -0.504 e. The topological polar surface area (TPSA) is 216 Å². The predicted molar refractivity (Wildman–Crippen MR) is 164 cm³/mol. The third-order valence-electron chi connectivity index (χ3n) is 7.82. The van der Waals surface area contributed by atoms with Crippen LogP contribution in [0.4, 0.5) is 0 Å². The number of aliphatic hydroxyl groups is 4. The molecule has 250 valence electrons. The number of hydrogen-bond donors (Lipinski definition) is 5. The number of phenolic OH excluding ortho intramolecular Hbond substituents is 1. The SMILES string of the molecule is COc1cc(/C=C/C(=O)O[C@@H]2C[C@](O)(C(=O)O[C@H](COc3c4occc4cc4ccc(=O)oc34)C(C)(C)O)C[C@@H](O)[C@H]2O)ccc1O. The second-order valence-corrected chi connectivity index (χ2v) is 11.8. The number of ether oxygens (including phenoxy) is 4. The van der Waals surface area contributed by atoms with E-state index < -0.39 is 72.6 Å². The summed E-state index contributed by atoms with van der Waals surface area (Å²) in [5.74, 6) is -2.15. The number of carbonyl (C=O) groups excluding carboxylic acids is 2. The van der Waals surface area contributed by atoms with Crippen LogP contribution >= 0.6 is 0 Å². The van der Waals surface area contributed by atoms with Crippen molar-refractivity contribution >= 4 is 40.0 Å². The zero-order chi connectivity index (χ0) is 34.1. The van der Waals surface area contributed by atoms with E-state index >= 15 is 0 Å². The number of rotatable bonds is 10. The summed E-state index contributed by atoms with van der Waals surface area (Å²) in [7, 11) is 1.36. The van der Waals surface area contributed by atoms with Crippen LogP contribution in [0, 0.1) is 0 Å². The zero-order valence-corrected chi connectivity index (χ0v) is 25.6. The van der Waals surface area contributed by atoms with Gasteiger partial charge >= 0.3 is 17.6 Å². The van der Waals surface area contributed by atoms with Gasteiger partial charge in [0, 0.05) is 35.8 Å². The summed E-state index contributed by atoms with van der Waals surface area (Å²) in [4.78, 5) is 38.0. The highest BCUT2D eigenvalue weighted by molar-refractivity contribution is 6.00. The van der Waals surface area contributed by atoms with Crippen LogP contribution in [0.5, 0.6) is 17.2 Å². The number of methoxy groups -OCH3 is 1. The molecule has 1 fully saturated rings. The second-order valence-electron chi connectivity index (χ2n) is 11.8. The molecule has 0 bridgehead atoms. The molecule has 2 aromatic heterocycles. The molecule has 14 heteroatoms. The Morgan fingerprint density at radius 3 is 2.55 bits per heavy atom. The maximum atomic E-state index is 13.4. The fraction of sp³-hybridized carbons (Fsp3) is 0.364. The van der Waals surface area contributed by atoms with Crippen LogP contribution in [0.15, 0.2) is 68.4 Å². The highest BCUT2D eigenvalue weighted by Gasteiger charge is 2.52. The number of aromatic hydroxyl groups is 1. The van der Waals surface area contributed by atoms with Crippen LogP contribution < -0.4 is 15.1 Å². The minimum atomic E-state index is -2.44. The molecule has 0 radical (unpaired) electrons. The van der Waals surface area contributed by atoms with E-state index in [0.29, 0.717) is 16.3 Å². The second kappa shape index (κ2) is 13.1. The van der Waals surface area contributed by atoms with Crippen molar-refractivity contribution in [2.75, 3.05) is 13.7 Å². The van der Waals surface area contributed by atoms with Gasteiger partial charge in [-0.25, -0.2) is 14.4 Å². The van der Waals surface area contributed by atoms with Crippen LogP contribution in [0.2, 0.25) is 0 Å². The van der Waals surface area contributed by atoms with Crippen molar-refractivity contribution in [3.63, 3.8) is 0 Å². The van der Waals surface area contributed by atoms with Gasteiger partial charge in [-0.05, 0) is 55.8 Å². The fourth-order valence-electron chi connectivity index (χ4n) is 5.20. The van der Waals surface area contributed by atoms with E-state index in [2.05, 4.69) is 0 Å². The fourth-order valence-corrected chi connectivity index (χ4v) is 5.20. The summed E-state index contributed by atoms with van der Waals surface area (Å²) in [6.07, 6.45) is -3.81. The first-order valence-corrected chi connectivity index (χ1v) is 14.5. The molecule has 2 heterocycles. The molecule has 1 aliphatic carbocycles. The van der Waals surface area contributed by atoms with Crippen molar-refractivity contribution in [2.24, 2.45) is 0 Å². The van der Waals surface area contributed by atoms with Crippen LogP contribution in [0.1, 0.15) is 32.3 Å². The third-order valence-corrected chi connectivity index (χ3v) is 7.82. The van der Waals surface area contributed by atoms with Gasteiger partial charge in [0.05, 0.1) is 25.1 Å². The van der Waals surface area contributed by atoms with E-state index in [0.717, 1.165) is 6.08 Å². The maximum absolute atomic E-state index is 13.4. The number of hydrogen-bond acceptors (Lipinski definition) is 14. The first-order valence-electron chi connectivity index (χ1n) is 14.5. The molecule has 0 spiro atoms. The Hall–Kier alpha value is -4.89. The molecule has 5 rings (SSSR count). The maximum Gasteiger partial charge on any atom is 0.338 e. The van der Waals surface area contributed by atoms with Gasteiger partial charge in [0.15, 0.2) is 34.4 Å². The zero-order valence-electron chi connectivity index (χ0n) is 25.6. The Kier molecular flexibility index (Phi) is 9.32. The minimum absolute atomic E-state index is 0.0196. The van der Waals surface area contributed by atoms with E-state index in [1.165, 1.54) is 63.6 Å². The number of phenols is 1. The Bertz CT molecular complexity index is 1860. The number of carbonyl (C=O) groups is 2. The lowest BCUT2D eigenvalue weighted by Gasteiger charge is -2.41. The van der Waals surface area contributed by atoms with Gasteiger partial charge in [-0.2, -0.15) is 0 Å². The van der Waals surface area contributed by atoms with Crippen molar-refractivity contribution in [3.05, 3.63) is 70.8 Å². The first-order chi connectivity index (χ1) is 22.2. The lowest BCUT2D eigenvalue weighted by atomic mass is 9.79. The van der Waals surface area contributed by atoms with Crippen molar-refractivity contribution in [1.82, 2.24) is 0 Å². The van der Waals surface area contributed by atoms with E-state index in [1.807, 2.05) is 0 Å². The van der Waals surface area contributed by atoms with E-state index in [9.17, 15) is 39.9 Å². The number of furan rings is 1. The normalized spacial score (nSPS) is 22.3. The van der Waals surface area contributed by atoms with Crippen molar-refractivity contribution in [1.29, 1.82) is 0 Å². The molecule has 5 atom stereocenters. The standard InChI is InChI=1S/C33H34O14/c1-32(2,40)24(16-44-30-28-19(10-11-43-28)13-18-6-9-26(37)47-29(18)30)46-31(39)33(41)14-21(35)27(38)23(15-33)45-25(36)8-5-17-4-7-20(34)22(12-17)42-3/h4-13,21,23-24,27,34-35,38,40-41H,14-16H2,1-3H3/b8-5+/t21-,23-,24-,27-,33+/m1/s1. The lowest BCUT2D eigenvalue weighted by Crippen LogP contribution is -2.59. The Morgan fingerprint density at radius 2 is 1.83 bits per heavy atom.